The standard InChI is InChI=1S/C49H76O13/c1-11-26(2)44-29(5)17-18-48(62-44)24-36-21-34(61-48)16-15-28(4)43(27(3)13-12-14-33-25-56-46-41(50)30(6)20-37(47(52)59-36)49(33,46)53)58-35-19-31(7)45(39(22-35)55-10)60-40-23-38(54-9)42(51)32(8)57-40/h12-15,20,26-27,29,31-32,34-46,50-51,53H,11,16-19,21-25H2,1-10H3/b13-12+,28-15+,33-14+/t26-,27-,29-,31+,32-,34+,35+,36-,37?,38-,39-,40-,41+,42-,43?,44+,45-,46+,48+,49+/m0/s1. The molecule has 13 heteroatoms. The first-order chi connectivity index (χ1) is 29.5. The first kappa shape index (κ1) is 47.9. The summed E-state index contributed by atoms with van der Waals surface area (Å²) < 4.78 is 58.0. The average Bonchev–Trinajstić information content (AvgIpc) is 3.58. The smallest absolute Gasteiger partial charge is 0.316 e. The second-order valence-electron chi connectivity index (χ2n) is 19.9. The topological polar surface area (TPSA) is 161 Å². The third-order valence-electron chi connectivity index (χ3n) is 15.4. The van der Waals surface area contributed by atoms with E-state index in [1.807, 2.05) is 19.1 Å². The molecule has 1 saturated carbocycles. The summed E-state index contributed by atoms with van der Waals surface area (Å²) in [5, 5.41) is 34.3. The molecule has 2 aliphatic carbocycles. The lowest BCUT2D eigenvalue weighted by Crippen LogP contribution is -2.58. The van der Waals surface area contributed by atoms with Gasteiger partial charge in [-0.25, -0.2) is 0 Å². The average molecular weight is 873 g/mol. The summed E-state index contributed by atoms with van der Waals surface area (Å²) in [6.45, 7) is 16.7. The van der Waals surface area contributed by atoms with Crippen molar-refractivity contribution in [1.29, 1.82) is 0 Å². The molecular formula is C49H76O13. The van der Waals surface area contributed by atoms with Gasteiger partial charge in [0.2, 0.25) is 0 Å². The van der Waals surface area contributed by atoms with Crippen LogP contribution in [0.4, 0.5) is 0 Å². The molecule has 3 N–H and O–H groups in total. The Balaban J connectivity index is 1.18. The first-order valence-electron chi connectivity index (χ1n) is 23.5. The molecule has 2 unspecified atom stereocenters. The van der Waals surface area contributed by atoms with Crippen molar-refractivity contribution in [2.24, 2.45) is 29.6 Å². The van der Waals surface area contributed by atoms with Crippen molar-refractivity contribution >= 4 is 5.97 Å². The van der Waals surface area contributed by atoms with Gasteiger partial charge in [0.1, 0.15) is 35.9 Å². The molecule has 5 heterocycles. The second kappa shape index (κ2) is 19.8. The predicted octanol–water partition coefficient (Wildman–Crippen LogP) is 6.27. The quantitative estimate of drug-likeness (QED) is 0.185. The van der Waals surface area contributed by atoms with Crippen LogP contribution < -0.4 is 0 Å². The van der Waals surface area contributed by atoms with Crippen LogP contribution in [0.2, 0.25) is 0 Å². The highest BCUT2D eigenvalue weighted by Crippen LogP contribution is 2.48. The Kier molecular flexibility index (Phi) is 15.3. The van der Waals surface area contributed by atoms with Gasteiger partial charge in [-0.05, 0) is 74.5 Å². The molecule has 5 fully saturated rings. The first-order valence-corrected chi connectivity index (χ1v) is 23.5. The minimum absolute atomic E-state index is 0.00681. The van der Waals surface area contributed by atoms with E-state index in [9.17, 15) is 20.1 Å². The fraction of sp³-hybridized carbons (Fsp3) is 0.816. The van der Waals surface area contributed by atoms with Gasteiger partial charge in [0.05, 0.1) is 55.4 Å². The minimum atomic E-state index is -1.80. The molecule has 0 radical (unpaired) electrons. The summed E-state index contributed by atoms with van der Waals surface area (Å²) >= 11 is 0. The van der Waals surface area contributed by atoms with Crippen molar-refractivity contribution in [3.63, 3.8) is 0 Å². The summed E-state index contributed by atoms with van der Waals surface area (Å²) in [7, 11) is 3.31. The Bertz CT molecular complexity index is 1670. The maximum absolute atomic E-state index is 14.4. The molecular weight excluding hydrogens is 797 g/mol. The number of aliphatic hydroxyl groups excluding tert-OH is 2. The van der Waals surface area contributed by atoms with E-state index in [0.717, 1.165) is 24.8 Å². The van der Waals surface area contributed by atoms with E-state index in [-0.39, 0.29) is 61.2 Å². The number of esters is 1. The van der Waals surface area contributed by atoms with Crippen molar-refractivity contribution < 1.29 is 62.7 Å². The summed E-state index contributed by atoms with van der Waals surface area (Å²) in [6.07, 6.45) is 9.55. The predicted molar refractivity (Wildman–Crippen MR) is 231 cm³/mol. The number of carbonyl (C=O) groups excluding carboxylic acids is 1. The van der Waals surface area contributed by atoms with Gasteiger partial charge in [-0.15, -0.1) is 0 Å². The van der Waals surface area contributed by atoms with Gasteiger partial charge in [-0.3, -0.25) is 4.79 Å². The van der Waals surface area contributed by atoms with Crippen LogP contribution in [0.1, 0.15) is 113 Å². The number of hydrogen-bond acceptors (Lipinski definition) is 13. The molecule has 7 rings (SSSR count). The van der Waals surface area contributed by atoms with E-state index >= 15 is 0 Å². The fourth-order valence-corrected chi connectivity index (χ4v) is 11.5. The Morgan fingerprint density at radius 2 is 1.69 bits per heavy atom. The molecule has 2 bridgehead atoms. The molecule has 7 aliphatic rings. The SMILES string of the molecule is CC[C@H](C)[C@H]1O[C@]2(CC[C@@H]1C)C[C@@H]1C[C@@H](C/C=C(\C)C(O[C@@H]3C[C@@H](C)[C@H](O[C@H]4C[C@H](OC)[C@@H](O)[C@H](C)O4)[C@@H](OC)C3)[C@@H](C)/C=C/C=C3\CO[C@@H]4[C@H](O)C(C)=CC(C(=O)O1)[C@]34O)O2. The minimum Gasteiger partial charge on any atom is -0.462 e. The molecule has 1 spiro atoms. The molecule has 5 aliphatic heterocycles. The molecule has 13 nitrogen and oxygen atoms in total. The molecule has 4 saturated heterocycles. The maximum Gasteiger partial charge on any atom is 0.316 e. The van der Waals surface area contributed by atoms with Crippen LogP contribution in [0.15, 0.2) is 47.1 Å². The zero-order valence-electron chi connectivity index (χ0n) is 38.8. The van der Waals surface area contributed by atoms with E-state index in [1.165, 1.54) is 0 Å². The summed E-state index contributed by atoms with van der Waals surface area (Å²) in [5.41, 5.74) is 0.325. The third kappa shape index (κ3) is 9.75. The van der Waals surface area contributed by atoms with Gasteiger partial charge in [0.25, 0.3) is 0 Å². The molecule has 350 valence electrons. The molecule has 0 amide bonds. The van der Waals surface area contributed by atoms with Crippen LogP contribution >= 0.6 is 0 Å². The van der Waals surface area contributed by atoms with Crippen molar-refractivity contribution in [3.8, 4) is 0 Å². The van der Waals surface area contributed by atoms with E-state index in [1.54, 1.807) is 27.2 Å². The van der Waals surface area contributed by atoms with Gasteiger partial charge >= 0.3 is 5.97 Å². The van der Waals surface area contributed by atoms with Gasteiger partial charge in [-0.2, -0.15) is 0 Å². The zero-order valence-corrected chi connectivity index (χ0v) is 38.8. The molecule has 0 aromatic rings. The number of carbonyl (C=O) groups is 1. The van der Waals surface area contributed by atoms with Gasteiger partial charge in [-0.1, -0.05) is 71.4 Å². The summed E-state index contributed by atoms with van der Waals surface area (Å²) in [5.74, 6) is -1.87. The highest BCUT2D eigenvalue weighted by molar-refractivity contribution is 5.78. The van der Waals surface area contributed by atoms with E-state index in [4.69, 9.17) is 42.6 Å². The van der Waals surface area contributed by atoms with Crippen LogP contribution in [0, 0.1) is 29.6 Å². The van der Waals surface area contributed by atoms with Crippen molar-refractivity contribution in [3.05, 3.63) is 47.1 Å². The number of aliphatic hydroxyl groups is 3. The van der Waals surface area contributed by atoms with Crippen LogP contribution in [0.5, 0.6) is 0 Å². The van der Waals surface area contributed by atoms with Crippen LogP contribution in [0.3, 0.4) is 0 Å². The highest BCUT2D eigenvalue weighted by atomic mass is 16.7. The lowest BCUT2D eigenvalue weighted by Gasteiger charge is -2.51. The second-order valence-corrected chi connectivity index (χ2v) is 19.9. The summed E-state index contributed by atoms with van der Waals surface area (Å²) in [4.78, 5) is 14.4. The van der Waals surface area contributed by atoms with Gasteiger partial charge in [0, 0.05) is 52.2 Å². The fourth-order valence-electron chi connectivity index (χ4n) is 11.5. The van der Waals surface area contributed by atoms with E-state index in [2.05, 4.69) is 53.7 Å². The maximum atomic E-state index is 14.4. The highest BCUT2D eigenvalue weighted by Gasteiger charge is 2.60. The Hall–Kier alpha value is -2.01. The number of methoxy groups -OCH3 is 2. The van der Waals surface area contributed by atoms with Crippen molar-refractivity contribution in [2.75, 3.05) is 20.8 Å². The van der Waals surface area contributed by atoms with Crippen LogP contribution in [0.25, 0.3) is 0 Å². The number of fused-ring (bicyclic) bond motifs is 2. The Morgan fingerprint density at radius 3 is 2.42 bits per heavy atom. The molecule has 62 heavy (non-hydrogen) atoms. The lowest BCUT2D eigenvalue weighted by atomic mass is 9.71. The largest absolute Gasteiger partial charge is 0.462 e. The van der Waals surface area contributed by atoms with Crippen LogP contribution in [-0.2, 0) is 47.4 Å². The number of ether oxygens (including phenoxy) is 9. The van der Waals surface area contributed by atoms with Crippen LogP contribution in [-0.4, -0.2) is 133 Å². The third-order valence-corrected chi connectivity index (χ3v) is 15.4. The molecule has 20 atom stereocenters. The van der Waals surface area contributed by atoms with E-state index in [0.29, 0.717) is 61.5 Å². The van der Waals surface area contributed by atoms with Gasteiger partial charge < -0.3 is 58.0 Å². The normalized spacial score (nSPS) is 49.4. The van der Waals surface area contributed by atoms with Gasteiger partial charge in [0.15, 0.2) is 12.1 Å². The number of allylic oxidation sites excluding steroid dienone is 2. The van der Waals surface area contributed by atoms with Crippen molar-refractivity contribution in [1.82, 2.24) is 0 Å². The number of rotatable bonds is 8. The Labute approximate surface area is 369 Å². The summed E-state index contributed by atoms with van der Waals surface area (Å²) in [6, 6.07) is 0. The lowest BCUT2D eigenvalue weighted by molar-refractivity contribution is -0.340. The Morgan fingerprint density at radius 1 is 0.935 bits per heavy atom. The number of hydrogen-bond donors (Lipinski definition) is 3. The zero-order chi connectivity index (χ0) is 44.7. The van der Waals surface area contributed by atoms with Crippen molar-refractivity contribution in [2.45, 2.75) is 204 Å². The van der Waals surface area contributed by atoms with E-state index < -0.39 is 60.1 Å². The molecule has 0 aromatic carbocycles. The monoisotopic (exact) mass is 873 g/mol. The molecule has 0 aromatic heterocycles.